The molecule has 4 rings (SSSR count). The molecule has 2 heterocycles. The van der Waals surface area contributed by atoms with Crippen molar-refractivity contribution in [1.29, 1.82) is 0 Å². The first-order valence-corrected chi connectivity index (χ1v) is 11.0. The zero-order valence-electron chi connectivity index (χ0n) is 18.4. The molecule has 2 aromatic heterocycles. The Hall–Kier alpha value is -3.28. The molecular formula is C22H29N7O4. The van der Waals surface area contributed by atoms with E-state index in [4.69, 9.17) is 10.5 Å². The molecule has 0 spiro atoms. The molecule has 0 bridgehead atoms. The highest BCUT2D eigenvalue weighted by Crippen LogP contribution is 2.32. The molecule has 1 aliphatic carbocycles. The van der Waals surface area contributed by atoms with Gasteiger partial charge in [0.25, 0.3) is 5.91 Å². The molecule has 4 atom stereocenters. The van der Waals surface area contributed by atoms with Crippen molar-refractivity contribution in [3.8, 4) is 5.75 Å². The van der Waals surface area contributed by atoms with Crippen molar-refractivity contribution < 1.29 is 19.7 Å². The summed E-state index contributed by atoms with van der Waals surface area (Å²) < 4.78 is 7.36. The Bertz CT molecular complexity index is 1110. The van der Waals surface area contributed by atoms with Gasteiger partial charge in [0, 0.05) is 12.6 Å². The van der Waals surface area contributed by atoms with E-state index in [-0.39, 0.29) is 5.91 Å². The van der Waals surface area contributed by atoms with Crippen LogP contribution in [0.25, 0.3) is 11.2 Å². The van der Waals surface area contributed by atoms with Crippen LogP contribution in [0.1, 0.15) is 35.7 Å². The smallest absolute Gasteiger partial charge is 0.251 e. The molecule has 1 fully saturated rings. The molecule has 0 aliphatic heterocycles. The number of hydrogen-bond acceptors (Lipinski definition) is 9. The van der Waals surface area contributed by atoms with E-state index in [9.17, 15) is 15.0 Å². The summed E-state index contributed by atoms with van der Waals surface area (Å²) in [5, 5.41) is 27.5. The van der Waals surface area contributed by atoms with Crippen LogP contribution in [0.4, 0.5) is 5.82 Å². The van der Waals surface area contributed by atoms with Crippen molar-refractivity contribution in [1.82, 2.24) is 24.8 Å². The van der Waals surface area contributed by atoms with Crippen LogP contribution in [0.15, 0.2) is 36.9 Å². The third-order valence-electron chi connectivity index (χ3n) is 5.91. The van der Waals surface area contributed by atoms with Crippen LogP contribution in [0, 0.1) is 0 Å². The molecule has 0 radical (unpaired) electrons. The zero-order valence-corrected chi connectivity index (χ0v) is 18.4. The van der Waals surface area contributed by atoms with Gasteiger partial charge in [-0.25, -0.2) is 15.0 Å². The first kappa shape index (κ1) is 22.9. The highest BCUT2D eigenvalue weighted by molar-refractivity contribution is 5.94. The molecule has 1 aromatic carbocycles. The number of aliphatic hydroxyl groups excluding tert-OH is 2. The highest BCUT2D eigenvalue weighted by Gasteiger charge is 2.39. The third-order valence-corrected chi connectivity index (χ3v) is 5.91. The fraction of sp³-hybridized carbons (Fsp3) is 0.455. The van der Waals surface area contributed by atoms with Crippen molar-refractivity contribution >= 4 is 22.9 Å². The minimum atomic E-state index is -1.15. The number of imidazole rings is 1. The van der Waals surface area contributed by atoms with Gasteiger partial charge >= 0.3 is 0 Å². The second kappa shape index (κ2) is 10.1. The predicted molar refractivity (Wildman–Crippen MR) is 122 cm³/mol. The predicted octanol–water partition coefficient (Wildman–Crippen LogP) is 0.451. The van der Waals surface area contributed by atoms with Gasteiger partial charge < -0.3 is 35.9 Å². The van der Waals surface area contributed by atoms with E-state index in [0.29, 0.717) is 54.3 Å². The van der Waals surface area contributed by atoms with Crippen molar-refractivity contribution in [2.24, 2.45) is 5.73 Å². The van der Waals surface area contributed by atoms with Crippen LogP contribution in [0.3, 0.4) is 0 Å². The second-order valence-corrected chi connectivity index (χ2v) is 8.02. The molecule has 0 unspecified atom stereocenters. The van der Waals surface area contributed by atoms with E-state index < -0.39 is 24.3 Å². The molecule has 6 N–H and O–H groups in total. The Morgan fingerprint density at radius 2 is 2.09 bits per heavy atom. The topological polar surface area (TPSA) is 160 Å². The Labute approximate surface area is 191 Å². The van der Waals surface area contributed by atoms with Gasteiger partial charge in [-0.3, -0.25) is 4.79 Å². The number of aromatic nitrogens is 4. The number of anilines is 1. The molecule has 11 heteroatoms. The van der Waals surface area contributed by atoms with Gasteiger partial charge in [0.2, 0.25) is 0 Å². The number of amides is 1. The lowest BCUT2D eigenvalue weighted by Crippen LogP contribution is -2.54. The van der Waals surface area contributed by atoms with Gasteiger partial charge in [0.1, 0.15) is 29.8 Å². The molecule has 3 aromatic rings. The van der Waals surface area contributed by atoms with E-state index in [0.717, 1.165) is 6.42 Å². The Morgan fingerprint density at radius 1 is 1.24 bits per heavy atom. The van der Waals surface area contributed by atoms with Gasteiger partial charge in [-0.1, -0.05) is 6.07 Å². The standard InChI is InChI=1S/C22H29N7O4/c1-24-20-17-21(26-11-25-20)29(12-27-17)16-7-6-15(18(30)19(16)31)28-22(32)13-4-2-5-14(10-13)33-9-3-8-23/h2,4-5,10-12,15-16,18-19,30-31H,3,6-9,23H2,1H3,(H,28,32)(H,24,25,26)/t15-,16-,18-,19-/m1/s1. The Balaban J connectivity index is 1.44. The van der Waals surface area contributed by atoms with Crippen LogP contribution in [0.5, 0.6) is 5.75 Å². The molecule has 1 aliphatic rings. The molecule has 0 saturated heterocycles. The molecule has 1 amide bonds. The number of carbonyl (C=O) groups is 1. The lowest BCUT2D eigenvalue weighted by molar-refractivity contribution is -0.0552. The van der Waals surface area contributed by atoms with Crippen molar-refractivity contribution in [3.63, 3.8) is 0 Å². The Kier molecular flexibility index (Phi) is 7.02. The van der Waals surface area contributed by atoms with Crippen LogP contribution in [-0.2, 0) is 0 Å². The lowest BCUT2D eigenvalue weighted by Gasteiger charge is -2.38. The number of aliphatic hydroxyl groups is 2. The second-order valence-electron chi connectivity index (χ2n) is 8.02. The molecule has 11 nitrogen and oxygen atoms in total. The minimum Gasteiger partial charge on any atom is -0.494 e. The van der Waals surface area contributed by atoms with E-state index in [1.165, 1.54) is 6.33 Å². The molecular weight excluding hydrogens is 426 g/mol. The lowest BCUT2D eigenvalue weighted by atomic mass is 9.85. The van der Waals surface area contributed by atoms with Crippen LogP contribution >= 0.6 is 0 Å². The number of ether oxygens (including phenoxy) is 1. The van der Waals surface area contributed by atoms with E-state index in [2.05, 4.69) is 25.6 Å². The van der Waals surface area contributed by atoms with Crippen LogP contribution < -0.4 is 21.1 Å². The largest absolute Gasteiger partial charge is 0.494 e. The first-order valence-electron chi connectivity index (χ1n) is 11.0. The van der Waals surface area contributed by atoms with E-state index in [1.54, 1.807) is 42.2 Å². The average molecular weight is 456 g/mol. The van der Waals surface area contributed by atoms with Crippen LogP contribution in [-0.4, -0.2) is 74.1 Å². The maximum Gasteiger partial charge on any atom is 0.251 e. The van der Waals surface area contributed by atoms with Gasteiger partial charge in [-0.05, 0) is 44.0 Å². The highest BCUT2D eigenvalue weighted by atomic mass is 16.5. The SMILES string of the molecule is CNc1ncnc2c1ncn2[C@@H]1CC[C@@H](NC(=O)c2cccc(OCCCN)c2)[C@@H](O)[C@@H]1O. The molecule has 1 saturated carbocycles. The summed E-state index contributed by atoms with van der Waals surface area (Å²) in [5.74, 6) is 0.827. The van der Waals surface area contributed by atoms with Crippen molar-refractivity contribution in [3.05, 3.63) is 42.5 Å². The summed E-state index contributed by atoms with van der Waals surface area (Å²) in [6.07, 6.45) is 2.48. The number of hydrogen-bond donors (Lipinski definition) is 5. The normalized spacial score (nSPS) is 22.8. The number of carbonyl (C=O) groups excluding carboxylic acids is 1. The zero-order chi connectivity index (χ0) is 23.4. The molecule has 33 heavy (non-hydrogen) atoms. The summed E-state index contributed by atoms with van der Waals surface area (Å²) in [4.78, 5) is 25.6. The van der Waals surface area contributed by atoms with E-state index >= 15 is 0 Å². The maximum atomic E-state index is 12.8. The van der Waals surface area contributed by atoms with Gasteiger partial charge in [-0.2, -0.15) is 0 Å². The van der Waals surface area contributed by atoms with Crippen molar-refractivity contribution in [2.75, 3.05) is 25.5 Å². The summed E-state index contributed by atoms with van der Waals surface area (Å²) in [7, 11) is 1.75. The third kappa shape index (κ3) is 4.75. The maximum absolute atomic E-state index is 12.8. The monoisotopic (exact) mass is 455 g/mol. The van der Waals surface area contributed by atoms with Gasteiger partial charge in [-0.15, -0.1) is 0 Å². The Morgan fingerprint density at radius 3 is 2.88 bits per heavy atom. The van der Waals surface area contributed by atoms with Crippen LogP contribution in [0.2, 0.25) is 0 Å². The first-order chi connectivity index (χ1) is 16.0. The number of benzene rings is 1. The number of rotatable bonds is 8. The van der Waals surface area contributed by atoms with Gasteiger partial charge in [0.05, 0.1) is 25.0 Å². The molecule has 176 valence electrons. The summed E-state index contributed by atoms with van der Waals surface area (Å²) >= 11 is 0. The summed E-state index contributed by atoms with van der Waals surface area (Å²) in [6, 6.07) is 5.81. The minimum absolute atomic E-state index is 0.339. The fourth-order valence-corrected chi connectivity index (χ4v) is 4.15. The number of nitrogens with zero attached hydrogens (tertiary/aromatic N) is 4. The number of nitrogens with one attached hydrogen (secondary N) is 2. The summed E-state index contributed by atoms with van der Waals surface area (Å²) in [6.45, 7) is 1.00. The average Bonchev–Trinajstić information content (AvgIpc) is 3.26. The number of nitrogens with two attached hydrogens (primary N) is 1. The summed E-state index contributed by atoms with van der Waals surface area (Å²) in [5.41, 5.74) is 7.05. The number of fused-ring (bicyclic) bond motifs is 1. The van der Waals surface area contributed by atoms with Crippen molar-refractivity contribution in [2.45, 2.75) is 43.6 Å². The van der Waals surface area contributed by atoms with E-state index in [1.807, 2.05) is 0 Å². The van der Waals surface area contributed by atoms with Gasteiger partial charge in [0.15, 0.2) is 11.5 Å². The quantitative estimate of drug-likeness (QED) is 0.304. The fourth-order valence-electron chi connectivity index (χ4n) is 4.15.